The summed E-state index contributed by atoms with van der Waals surface area (Å²) in [5.41, 5.74) is 4.83. The number of rotatable bonds is 5. The lowest BCUT2D eigenvalue weighted by Crippen LogP contribution is -2.30. The van der Waals surface area contributed by atoms with Gasteiger partial charge in [-0.25, -0.2) is 4.98 Å². The minimum atomic E-state index is -0.0893. The van der Waals surface area contributed by atoms with Crippen molar-refractivity contribution in [1.82, 2.24) is 10.4 Å². The van der Waals surface area contributed by atoms with E-state index < -0.39 is 0 Å². The molecule has 4 nitrogen and oxygen atoms in total. The minimum absolute atomic E-state index is 0.0893. The van der Waals surface area contributed by atoms with Gasteiger partial charge < -0.3 is 4.74 Å². The number of hydrazine groups is 1. The molecule has 0 spiro atoms. The normalized spacial score (nSPS) is 12.4. The van der Waals surface area contributed by atoms with E-state index in [4.69, 9.17) is 22.2 Å². The number of halogens is 1. The first-order valence-corrected chi connectivity index (χ1v) is 7.47. The molecule has 1 heterocycles. The van der Waals surface area contributed by atoms with Crippen LogP contribution >= 0.6 is 22.9 Å². The molecule has 0 bridgehead atoms. The molecule has 1 aromatic heterocycles. The van der Waals surface area contributed by atoms with E-state index in [1.54, 1.807) is 24.5 Å². The molecule has 108 valence electrons. The Bertz CT molecular complexity index is 581. The van der Waals surface area contributed by atoms with Gasteiger partial charge in [-0.15, -0.1) is 11.3 Å². The van der Waals surface area contributed by atoms with E-state index in [1.807, 2.05) is 19.1 Å². The summed E-state index contributed by atoms with van der Waals surface area (Å²) in [5.74, 6) is 6.47. The largest absolute Gasteiger partial charge is 0.496 e. The van der Waals surface area contributed by atoms with Crippen molar-refractivity contribution in [1.29, 1.82) is 0 Å². The van der Waals surface area contributed by atoms with Crippen molar-refractivity contribution < 1.29 is 4.74 Å². The molecule has 0 aliphatic rings. The van der Waals surface area contributed by atoms with E-state index in [2.05, 4.69) is 17.3 Å². The van der Waals surface area contributed by atoms with Gasteiger partial charge >= 0.3 is 0 Å². The number of nitrogens with two attached hydrogens (primary N) is 1. The average Bonchev–Trinajstić information content (AvgIpc) is 2.75. The van der Waals surface area contributed by atoms with E-state index in [1.165, 1.54) is 4.88 Å². The molecule has 0 amide bonds. The number of aryl methyl sites for hydroxylation is 2. The summed E-state index contributed by atoms with van der Waals surface area (Å²) >= 11 is 7.76. The van der Waals surface area contributed by atoms with Crippen LogP contribution in [-0.4, -0.2) is 12.1 Å². The van der Waals surface area contributed by atoms with Gasteiger partial charge in [-0.3, -0.25) is 11.3 Å². The van der Waals surface area contributed by atoms with Crippen molar-refractivity contribution in [3.8, 4) is 5.75 Å². The SMILES string of the molecule is COc1ccc(Cl)cc1C(Cc1nc(C)c(C)s1)NN. The average molecular weight is 312 g/mol. The highest BCUT2D eigenvalue weighted by molar-refractivity contribution is 7.11. The van der Waals surface area contributed by atoms with Crippen LogP contribution in [0.2, 0.25) is 5.02 Å². The minimum Gasteiger partial charge on any atom is -0.496 e. The van der Waals surface area contributed by atoms with E-state index >= 15 is 0 Å². The lowest BCUT2D eigenvalue weighted by atomic mass is 10.0. The predicted octanol–water partition coefficient (Wildman–Crippen LogP) is 3.17. The van der Waals surface area contributed by atoms with Crippen molar-refractivity contribution in [3.63, 3.8) is 0 Å². The lowest BCUT2D eigenvalue weighted by molar-refractivity contribution is 0.399. The van der Waals surface area contributed by atoms with Gasteiger partial charge in [0.2, 0.25) is 0 Å². The second-order valence-corrected chi connectivity index (χ2v) is 6.28. The standard InChI is InChI=1S/C14H18ClN3OS/c1-8-9(2)20-14(17-8)7-12(18-16)11-6-10(15)4-5-13(11)19-3/h4-6,12,18H,7,16H2,1-3H3. The number of hydrogen-bond donors (Lipinski definition) is 2. The van der Waals surface area contributed by atoms with Gasteiger partial charge in [-0.2, -0.15) is 0 Å². The maximum absolute atomic E-state index is 6.07. The van der Waals surface area contributed by atoms with Crippen LogP contribution in [0.25, 0.3) is 0 Å². The Kier molecular flexibility index (Phi) is 4.99. The summed E-state index contributed by atoms with van der Waals surface area (Å²) < 4.78 is 5.38. The van der Waals surface area contributed by atoms with Crippen LogP contribution in [0.3, 0.4) is 0 Å². The fraction of sp³-hybridized carbons (Fsp3) is 0.357. The monoisotopic (exact) mass is 311 g/mol. The van der Waals surface area contributed by atoms with Gasteiger partial charge in [0.25, 0.3) is 0 Å². The molecule has 0 aliphatic carbocycles. The van der Waals surface area contributed by atoms with Gasteiger partial charge in [-0.05, 0) is 32.0 Å². The fourth-order valence-corrected chi connectivity index (χ4v) is 3.20. The molecule has 0 saturated carbocycles. The van der Waals surface area contributed by atoms with Crippen molar-refractivity contribution in [2.24, 2.45) is 5.84 Å². The zero-order valence-electron chi connectivity index (χ0n) is 11.7. The first-order valence-electron chi connectivity index (χ1n) is 6.27. The van der Waals surface area contributed by atoms with Crippen LogP contribution in [0.5, 0.6) is 5.75 Å². The highest BCUT2D eigenvalue weighted by atomic mass is 35.5. The van der Waals surface area contributed by atoms with Gasteiger partial charge in [0, 0.05) is 21.9 Å². The number of nitrogens with one attached hydrogen (secondary N) is 1. The summed E-state index contributed by atoms with van der Waals surface area (Å²) in [6, 6.07) is 5.43. The topological polar surface area (TPSA) is 60.2 Å². The molecule has 0 aliphatic heterocycles. The Balaban J connectivity index is 2.30. The number of benzene rings is 1. The summed E-state index contributed by atoms with van der Waals surface area (Å²) in [7, 11) is 1.64. The van der Waals surface area contributed by atoms with Crippen molar-refractivity contribution in [2.45, 2.75) is 26.3 Å². The number of methoxy groups -OCH3 is 1. The molecule has 1 aromatic carbocycles. The number of nitrogens with zero attached hydrogens (tertiary/aromatic N) is 1. The van der Waals surface area contributed by atoms with Crippen LogP contribution in [-0.2, 0) is 6.42 Å². The zero-order chi connectivity index (χ0) is 14.7. The summed E-state index contributed by atoms with van der Waals surface area (Å²) in [4.78, 5) is 5.78. The van der Waals surface area contributed by atoms with Crippen LogP contribution in [0.15, 0.2) is 18.2 Å². The first-order chi connectivity index (χ1) is 9.55. The van der Waals surface area contributed by atoms with E-state index in [9.17, 15) is 0 Å². The molecule has 6 heteroatoms. The van der Waals surface area contributed by atoms with Crippen molar-refractivity contribution in [3.05, 3.63) is 44.4 Å². The van der Waals surface area contributed by atoms with Gasteiger partial charge in [-0.1, -0.05) is 11.6 Å². The molecule has 3 N–H and O–H groups in total. The quantitative estimate of drug-likeness (QED) is 0.658. The highest BCUT2D eigenvalue weighted by Crippen LogP contribution is 2.31. The van der Waals surface area contributed by atoms with Gasteiger partial charge in [0.1, 0.15) is 5.75 Å². The molecule has 0 saturated heterocycles. The molecule has 1 atom stereocenters. The molecule has 20 heavy (non-hydrogen) atoms. The van der Waals surface area contributed by atoms with Crippen LogP contribution < -0.4 is 16.0 Å². The lowest BCUT2D eigenvalue weighted by Gasteiger charge is -2.18. The van der Waals surface area contributed by atoms with Crippen molar-refractivity contribution in [2.75, 3.05) is 7.11 Å². The number of hydrogen-bond acceptors (Lipinski definition) is 5. The zero-order valence-corrected chi connectivity index (χ0v) is 13.3. The second-order valence-electron chi connectivity index (χ2n) is 4.56. The molecular formula is C14H18ClN3OS. The number of ether oxygens (including phenoxy) is 1. The van der Waals surface area contributed by atoms with Gasteiger partial charge in [0.05, 0.1) is 23.9 Å². The van der Waals surface area contributed by atoms with E-state index in [0.29, 0.717) is 11.4 Å². The van der Waals surface area contributed by atoms with Crippen molar-refractivity contribution >= 4 is 22.9 Å². The second kappa shape index (κ2) is 6.54. The first kappa shape index (κ1) is 15.3. The maximum Gasteiger partial charge on any atom is 0.123 e. The Morgan fingerprint density at radius 3 is 2.75 bits per heavy atom. The maximum atomic E-state index is 6.07. The summed E-state index contributed by atoms with van der Waals surface area (Å²) in [6.45, 7) is 4.08. The summed E-state index contributed by atoms with van der Waals surface area (Å²) in [5, 5.41) is 1.71. The Morgan fingerprint density at radius 1 is 1.45 bits per heavy atom. The smallest absolute Gasteiger partial charge is 0.123 e. The third-order valence-corrected chi connectivity index (χ3v) is 4.55. The van der Waals surface area contributed by atoms with Crippen LogP contribution in [0, 0.1) is 13.8 Å². The van der Waals surface area contributed by atoms with Gasteiger partial charge in [0.15, 0.2) is 0 Å². The molecule has 0 radical (unpaired) electrons. The molecule has 0 fully saturated rings. The molecule has 1 unspecified atom stereocenters. The molecular weight excluding hydrogens is 294 g/mol. The van der Waals surface area contributed by atoms with Crippen LogP contribution in [0.1, 0.15) is 27.2 Å². The van der Waals surface area contributed by atoms with Crippen LogP contribution in [0.4, 0.5) is 0 Å². The third kappa shape index (κ3) is 3.30. The Morgan fingerprint density at radius 2 is 2.20 bits per heavy atom. The number of thiazole rings is 1. The van der Waals surface area contributed by atoms with E-state index in [-0.39, 0.29) is 6.04 Å². The Hall–Kier alpha value is -1.14. The molecule has 2 rings (SSSR count). The summed E-state index contributed by atoms with van der Waals surface area (Å²) in [6.07, 6.45) is 0.701. The fourth-order valence-electron chi connectivity index (χ4n) is 2.04. The molecule has 2 aromatic rings. The Labute approximate surface area is 127 Å². The van der Waals surface area contributed by atoms with E-state index in [0.717, 1.165) is 22.0 Å². The predicted molar refractivity (Wildman–Crippen MR) is 83.4 cm³/mol. The highest BCUT2D eigenvalue weighted by Gasteiger charge is 2.18. The number of aromatic nitrogens is 1. The third-order valence-electron chi connectivity index (χ3n) is 3.22.